The van der Waals surface area contributed by atoms with Gasteiger partial charge in [-0.25, -0.2) is 0 Å². The zero-order valence-electron chi connectivity index (χ0n) is 7.77. The molecule has 1 aromatic rings. The number of carbonyl (C=O) groups is 1. The maximum absolute atomic E-state index is 10.7. The number of ketones is 1. The summed E-state index contributed by atoms with van der Waals surface area (Å²) in [6.07, 6.45) is 0. The summed E-state index contributed by atoms with van der Waals surface area (Å²) in [5, 5.41) is 8.77. The van der Waals surface area contributed by atoms with E-state index >= 15 is 0 Å². The van der Waals surface area contributed by atoms with E-state index in [2.05, 4.69) is 10.2 Å². The van der Waals surface area contributed by atoms with Gasteiger partial charge in [0, 0.05) is 14.1 Å². The van der Waals surface area contributed by atoms with Crippen molar-refractivity contribution in [2.24, 2.45) is 0 Å². The maximum atomic E-state index is 10.7. The second-order valence-corrected chi connectivity index (χ2v) is 4.91. The number of carbonyl (C=O) groups excluding carboxylic acids is 1. The van der Waals surface area contributed by atoms with Crippen molar-refractivity contribution < 1.29 is 4.79 Å². The first-order valence-corrected chi connectivity index (χ1v) is 5.53. The second kappa shape index (κ2) is 4.57. The number of aromatic nitrogens is 2. The first-order chi connectivity index (χ1) is 6.09. The minimum absolute atomic E-state index is 0.159. The monoisotopic (exact) mass is 217 g/mol. The van der Waals surface area contributed by atoms with Gasteiger partial charge >= 0.3 is 0 Å². The number of thioether (sulfide) groups is 1. The lowest BCUT2D eigenvalue weighted by Gasteiger charge is -2.03. The first kappa shape index (κ1) is 10.5. The maximum Gasteiger partial charge on any atom is 0.208 e. The fourth-order valence-electron chi connectivity index (χ4n) is 0.605. The van der Waals surface area contributed by atoms with Gasteiger partial charge in [-0.3, -0.25) is 4.79 Å². The van der Waals surface area contributed by atoms with E-state index in [1.54, 1.807) is 6.92 Å². The van der Waals surface area contributed by atoms with Crippen molar-refractivity contribution in [1.82, 2.24) is 10.2 Å². The van der Waals surface area contributed by atoms with Crippen LogP contribution in [-0.2, 0) is 4.79 Å². The summed E-state index contributed by atoms with van der Waals surface area (Å²) in [6.45, 7) is 1.57. The Bertz CT molecular complexity index is 298. The molecule has 0 saturated heterocycles. The SMILES string of the molecule is CC(=O)CSc1nnc(N(C)C)s1. The van der Waals surface area contributed by atoms with E-state index in [1.165, 1.54) is 23.1 Å². The third-order valence-electron chi connectivity index (χ3n) is 1.18. The van der Waals surface area contributed by atoms with Crippen LogP contribution in [0.25, 0.3) is 0 Å². The van der Waals surface area contributed by atoms with E-state index in [-0.39, 0.29) is 5.78 Å². The first-order valence-electron chi connectivity index (χ1n) is 3.72. The molecule has 0 amide bonds. The van der Waals surface area contributed by atoms with E-state index in [1.807, 2.05) is 19.0 Å². The third-order valence-corrected chi connectivity index (χ3v) is 3.55. The molecule has 0 aliphatic rings. The number of Topliss-reactive ketones (excluding diaryl/α,β-unsaturated/α-hetero) is 1. The van der Waals surface area contributed by atoms with Gasteiger partial charge in [-0.15, -0.1) is 10.2 Å². The average molecular weight is 217 g/mol. The topological polar surface area (TPSA) is 46.1 Å². The lowest BCUT2D eigenvalue weighted by molar-refractivity contribution is -0.114. The number of anilines is 1. The van der Waals surface area contributed by atoms with Gasteiger partial charge < -0.3 is 4.90 Å². The molecule has 1 heterocycles. The quantitative estimate of drug-likeness (QED) is 0.711. The molecule has 0 bridgehead atoms. The van der Waals surface area contributed by atoms with Gasteiger partial charge in [-0.05, 0) is 6.92 Å². The van der Waals surface area contributed by atoms with E-state index in [0.717, 1.165) is 9.47 Å². The van der Waals surface area contributed by atoms with Crippen molar-refractivity contribution in [1.29, 1.82) is 0 Å². The summed E-state index contributed by atoms with van der Waals surface area (Å²) < 4.78 is 0.846. The van der Waals surface area contributed by atoms with Gasteiger partial charge in [0.25, 0.3) is 0 Å². The van der Waals surface area contributed by atoms with Crippen molar-refractivity contribution in [3.8, 4) is 0 Å². The summed E-state index contributed by atoms with van der Waals surface area (Å²) in [5.41, 5.74) is 0. The Morgan fingerprint density at radius 2 is 2.23 bits per heavy atom. The van der Waals surface area contributed by atoms with Gasteiger partial charge in [-0.2, -0.15) is 0 Å². The number of nitrogens with zero attached hydrogens (tertiary/aromatic N) is 3. The van der Waals surface area contributed by atoms with E-state index in [9.17, 15) is 4.79 Å². The standard InChI is InChI=1S/C7H11N3OS2/c1-5(11)4-12-7-9-8-6(13-7)10(2)3/h4H2,1-3H3. The largest absolute Gasteiger partial charge is 0.353 e. The van der Waals surface area contributed by atoms with Crippen molar-refractivity contribution in [2.75, 3.05) is 24.7 Å². The van der Waals surface area contributed by atoms with Crippen LogP contribution in [0.1, 0.15) is 6.92 Å². The highest BCUT2D eigenvalue weighted by molar-refractivity contribution is 8.01. The van der Waals surface area contributed by atoms with Crippen molar-refractivity contribution >= 4 is 34.0 Å². The van der Waals surface area contributed by atoms with Crippen molar-refractivity contribution in [3.63, 3.8) is 0 Å². The van der Waals surface area contributed by atoms with Crippen molar-refractivity contribution in [2.45, 2.75) is 11.3 Å². The van der Waals surface area contributed by atoms with Gasteiger partial charge in [0.05, 0.1) is 5.75 Å². The zero-order valence-corrected chi connectivity index (χ0v) is 9.41. The molecular weight excluding hydrogens is 206 g/mol. The Labute approximate surface area is 85.3 Å². The third kappa shape index (κ3) is 3.31. The molecule has 0 radical (unpaired) electrons. The lowest BCUT2D eigenvalue weighted by Crippen LogP contribution is -2.07. The van der Waals surface area contributed by atoms with Crippen LogP contribution in [0.3, 0.4) is 0 Å². The van der Waals surface area contributed by atoms with Crippen LogP contribution in [0.15, 0.2) is 4.34 Å². The van der Waals surface area contributed by atoms with Crippen LogP contribution in [0.4, 0.5) is 5.13 Å². The van der Waals surface area contributed by atoms with Crippen LogP contribution in [0, 0.1) is 0 Å². The van der Waals surface area contributed by atoms with Gasteiger partial charge in [-0.1, -0.05) is 23.1 Å². The molecule has 72 valence electrons. The molecule has 0 unspecified atom stereocenters. The Kier molecular flexibility index (Phi) is 3.68. The number of hydrogen-bond donors (Lipinski definition) is 0. The predicted molar refractivity (Wildman–Crippen MR) is 55.6 cm³/mol. The molecule has 13 heavy (non-hydrogen) atoms. The molecule has 0 atom stereocenters. The molecule has 1 rings (SSSR count). The summed E-state index contributed by atoms with van der Waals surface area (Å²) in [4.78, 5) is 12.6. The van der Waals surface area contributed by atoms with Crippen LogP contribution < -0.4 is 4.90 Å². The Morgan fingerprint density at radius 1 is 1.54 bits per heavy atom. The molecule has 0 aromatic carbocycles. The minimum Gasteiger partial charge on any atom is -0.353 e. The summed E-state index contributed by atoms with van der Waals surface area (Å²) in [7, 11) is 3.83. The van der Waals surface area contributed by atoms with Gasteiger partial charge in [0.1, 0.15) is 5.78 Å². The highest BCUT2D eigenvalue weighted by atomic mass is 32.2. The highest BCUT2D eigenvalue weighted by Gasteiger charge is 2.06. The van der Waals surface area contributed by atoms with Crippen LogP contribution in [0.5, 0.6) is 0 Å². The van der Waals surface area contributed by atoms with Crippen LogP contribution in [-0.4, -0.2) is 35.8 Å². The summed E-state index contributed by atoms with van der Waals surface area (Å²) in [6, 6.07) is 0. The number of rotatable bonds is 4. The zero-order chi connectivity index (χ0) is 9.84. The smallest absolute Gasteiger partial charge is 0.208 e. The van der Waals surface area contributed by atoms with Crippen LogP contribution >= 0.6 is 23.1 Å². The molecular formula is C7H11N3OS2. The highest BCUT2D eigenvalue weighted by Crippen LogP contribution is 2.26. The average Bonchev–Trinajstić information content (AvgIpc) is 2.48. The second-order valence-electron chi connectivity index (χ2n) is 2.74. The molecule has 0 aliphatic heterocycles. The molecule has 1 aromatic heterocycles. The van der Waals surface area contributed by atoms with Gasteiger partial charge in [0.2, 0.25) is 5.13 Å². The van der Waals surface area contributed by atoms with Crippen LogP contribution in [0.2, 0.25) is 0 Å². The Morgan fingerprint density at radius 3 is 2.69 bits per heavy atom. The lowest BCUT2D eigenvalue weighted by atomic mass is 10.5. The Balaban J connectivity index is 2.54. The molecule has 4 nitrogen and oxygen atoms in total. The molecule has 0 saturated carbocycles. The molecule has 0 spiro atoms. The molecule has 0 N–H and O–H groups in total. The molecule has 0 fully saturated rings. The van der Waals surface area contributed by atoms with E-state index < -0.39 is 0 Å². The molecule has 0 aliphatic carbocycles. The minimum atomic E-state index is 0.159. The van der Waals surface area contributed by atoms with Gasteiger partial charge in [0.15, 0.2) is 4.34 Å². The summed E-state index contributed by atoms with van der Waals surface area (Å²) in [5.74, 6) is 0.633. The van der Waals surface area contributed by atoms with Crippen molar-refractivity contribution in [3.05, 3.63) is 0 Å². The normalized spacial score (nSPS) is 10.1. The number of hydrogen-bond acceptors (Lipinski definition) is 6. The fraction of sp³-hybridized carbons (Fsp3) is 0.571. The predicted octanol–water partition coefficient (Wildman–Crippen LogP) is 1.29. The Hall–Kier alpha value is -0.620. The van der Waals surface area contributed by atoms with E-state index in [4.69, 9.17) is 0 Å². The fourth-order valence-corrected chi connectivity index (χ4v) is 2.17. The van der Waals surface area contributed by atoms with E-state index in [0.29, 0.717) is 5.75 Å². The summed E-state index contributed by atoms with van der Waals surface area (Å²) >= 11 is 2.93. The molecule has 6 heteroatoms.